The van der Waals surface area contributed by atoms with Gasteiger partial charge in [0.25, 0.3) is 5.91 Å². The number of piperidine rings is 1. The number of methoxy groups -OCH3 is 1. The number of hydrogen-bond donors (Lipinski definition) is 2. The molecule has 2 heterocycles. The van der Waals surface area contributed by atoms with E-state index in [0.29, 0.717) is 44.6 Å². The Kier molecular flexibility index (Phi) is 7.05. The number of anilines is 1. The van der Waals surface area contributed by atoms with E-state index in [1.807, 2.05) is 24.1 Å². The lowest BCUT2D eigenvalue weighted by atomic mass is 9.95. The van der Waals surface area contributed by atoms with E-state index < -0.39 is 0 Å². The van der Waals surface area contributed by atoms with Crippen LogP contribution in [0.5, 0.6) is 5.75 Å². The Bertz CT molecular complexity index is 830. The van der Waals surface area contributed by atoms with Gasteiger partial charge in [0.1, 0.15) is 5.75 Å². The molecule has 0 aliphatic carbocycles. The van der Waals surface area contributed by atoms with Crippen molar-refractivity contribution in [3.63, 3.8) is 0 Å². The van der Waals surface area contributed by atoms with Crippen LogP contribution < -0.4 is 15.4 Å². The van der Waals surface area contributed by atoms with E-state index in [4.69, 9.17) is 4.74 Å². The van der Waals surface area contributed by atoms with Crippen LogP contribution in [0, 0.1) is 12.8 Å². The summed E-state index contributed by atoms with van der Waals surface area (Å²) in [5, 5.41) is 6.30. The largest absolute Gasteiger partial charge is 0.497 e. The van der Waals surface area contributed by atoms with Gasteiger partial charge in [0.05, 0.1) is 7.11 Å². The maximum atomic E-state index is 12.6. The highest BCUT2D eigenvalue weighted by Crippen LogP contribution is 2.20. The second kappa shape index (κ2) is 9.91. The molecule has 1 saturated heterocycles. The van der Waals surface area contributed by atoms with Crippen molar-refractivity contribution in [3.8, 4) is 5.75 Å². The Balaban J connectivity index is 1.39. The van der Waals surface area contributed by atoms with Crippen LogP contribution in [0.3, 0.4) is 0 Å². The van der Waals surface area contributed by atoms with Crippen molar-refractivity contribution in [3.05, 3.63) is 53.9 Å². The molecule has 154 valence electrons. The fourth-order valence-corrected chi connectivity index (χ4v) is 3.46. The molecule has 0 saturated carbocycles. The number of amides is 2. The molecular weight excluding hydrogens is 368 g/mol. The summed E-state index contributed by atoms with van der Waals surface area (Å²) in [7, 11) is 1.60. The minimum atomic E-state index is -0.0439. The van der Waals surface area contributed by atoms with Crippen LogP contribution in [0.25, 0.3) is 0 Å². The Morgan fingerprint density at radius 2 is 1.86 bits per heavy atom. The number of hydrogen-bond acceptors (Lipinski definition) is 5. The predicted molar refractivity (Wildman–Crippen MR) is 112 cm³/mol. The van der Waals surface area contributed by atoms with Crippen molar-refractivity contribution in [2.75, 3.05) is 38.6 Å². The smallest absolute Gasteiger partial charge is 0.253 e. The fraction of sp³-hybridized carbons (Fsp3) is 0.409. The summed E-state index contributed by atoms with van der Waals surface area (Å²) in [6.07, 6.45) is 4.92. The molecule has 29 heavy (non-hydrogen) atoms. The van der Waals surface area contributed by atoms with Gasteiger partial charge in [-0.3, -0.25) is 14.6 Å². The molecule has 1 aliphatic rings. The number of ether oxygens (including phenoxy) is 1. The van der Waals surface area contributed by atoms with Gasteiger partial charge in [-0.25, -0.2) is 0 Å². The van der Waals surface area contributed by atoms with E-state index in [2.05, 4.69) is 15.6 Å². The van der Waals surface area contributed by atoms with Crippen molar-refractivity contribution in [2.45, 2.75) is 19.8 Å². The van der Waals surface area contributed by atoms with Gasteiger partial charge in [0.15, 0.2) is 0 Å². The molecule has 3 rings (SSSR count). The molecule has 0 bridgehead atoms. The van der Waals surface area contributed by atoms with E-state index in [9.17, 15) is 9.59 Å². The Labute approximate surface area is 171 Å². The maximum Gasteiger partial charge on any atom is 0.253 e. The summed E-state index contributed by atoms with van der Waals surface area (Å²) >= 11 is 0. The number of carbonyl (C=O) groups excluding carboxylic acids is 2. The van der Waals surface area contributed by atoms with Crippen LogP contribution in [-0.4, -0.2) is 55.0 Å². The monoisotopic (exact) mass is 396 g/mol. The highest BCUT2D eigenvalue weighted by atomic mass is 16.5. The zero-order valence-corrected chi connectivity index (χ0v) is 17.0. The molecule has 0 unspecified atom stereocenters. The molecule has 7 nitrogen and oxygen atoms in total. The molecule has 0 radical (unpaired) electrons. The SMILES string of the molecule is COc1ccc(C(=O)N2CCC(C(=O)NCCNc3ccncc3C)CC2)cc1. The third kappa shape index (κ3) is 5.47. The second-order valence-corrected chi connectivity index (χ2v) is 7.20. The molecule has 2 amide bonds. The van der Waals surface area contributed by atoms with E-state index in [1.54, 1.807) is 37.6 Å². The Hall–Kier alpha value is -3.09. The first-order chi connectivity index (χ1) is 14.1. The van der Waals surface area contributed by atoms with Crippen LogP contribution in [0.1, 0.15) is 28.8 Å². The number of rotatable bonds is 7. The number of aromatic nitrogens is 1. The number of likely N-dealkylation sites (tertiary alicyclic amines) is 1. The maximum absolute atomic E-state index is 12.6. The molecule has 2 aromatic rings. The van der Waals surface area contributed by atoms with Crippen molar-refractivity contribution in [1.29, 1.82) is 0 Å². The molecule has 2 N–H and O–H groups in total. The van der Waals surface area contributed by atoms with Crippen LogP contribution in [0.2, 0.25) is 0 Å². The quantitative estimate of drug-likeness (QED) is 0.703. The number of benzene rings is 1. The second-order valence-electron chi connectivity index (χ2n) is 7.20. The van der Waals surface area contributed by atoms with E-state index >= 15 is 0 Å². The first kappa shape index (κ1) is 20.6. The van der Waals surface area contributed by atoms with Crippen LogP contribution in [0.15, 0.2) is 42.7 Å². The minimum absolute atomic E-state index is 0.00318. The first-order valence-electron chi connectivity index (χ1n) is 9.94. The standard InChI is InChI=1S/C22H28N4O3/c1-16-15-23-10-7-20(16)24-11-12-25-21(27)17-8-13-26(14-9-17)22(28)18-3-5-19(29-2)6-4-18/h3-7,10,15,17H,8-9,11-14H2,1-2H3,(H,23,24)(H,25,27). The van der Waals surface area contributed by atoms with Crippen molar-refractivity contribution in [1.82, 2.24) is 15.2 Å². The van der Waals surface area contributed by atoms with E-state index in [0.717, 1.165) is 17.0 Å². The number of carbonyl (C=O) groups is 2. The number of nitrogens with zero attached hydrogens (tertiary/aromatic N) is 2. The topological polar surface area (TPSA) is 83.6 Å². The molecule has 0 atom stereocenters. The van der Waals surface area contributed by atoms with E-state index in [1.165, 1.54) is 0 Å². The summed E-state index contributed by atoms with van der Waals surface area (Å²) in [6, 6.07) is 9.05. The van der Waals surface area contributed by atoms with Crippen molar-refractivity contribution in [2.24, 2.45) is 5.92 Å². The van der Waals surface area contributed by atoms with Crippen molar-refractivity contribution < 1.29 is 14.3 Å². The lowest BCUT2D eigenvalue weighted by Crippen LogP contribution is -2.43. The lowest BCUT2D eigenvalue weighted by Gasteiger charge is -2.31. The van der Waals surface area contributed by atoms with Crippen LogP contribution in [-0.2, 0) is 4.79 Å². The van der Waals surface area contributed by atoms with Gasteiger partial charge in [-0.1, -0.05) is 0 Å². The molecule has 1 aromatic heterocycles. The average molecular weight is 396 g/mol. The van der Waals surface area contributed by atoms with Crippen molar-refractivity contribution >= 4 is 17.5 Å². The lowest BCUT2D eigenvalue weighted by molar-refractivity contribution is -0.126. The van der Waals surface area contributed by atoms with Gasteiger partial charge in [0.2, 0.25) is 5.91 Å². The molecule has 7 heteroatoms. The Morgan fingerprint density at radius 1 is 1.14 bits per heavy atom. The molecule has 1 fully saturated rings. The zero-order chi connectivity index (χ0) is 20.6. The summed E-state index contributed by atoms with van der Waals surface area (Å²) in [6.45, 7) is 4.40. The van der Waals surface area contributed by atoms with Gasteiger partial charge in [0, 0.05) is 55.7 Å². The third-order valence-electron chi connectivity index (χ3n) is 5.25. The minimum Gasteiger partial charge on any atom is -0.497 e. The highest BCUT2D eigenvalue weighted by molar-refractivity contribution is 5.94. The molecule has 0 spiro atoms. The summed E-state index contributed by atoms with van der Waals surface area (Å²) in [5.41, 5.74) is 2.75. The summed E-state index contributed by atoms with van der Waals surface area (Å²) in [4.78, 5) is 30.9. The van der Waals surface area contributed by atoms with Gasteiger partial charge in [-0.2, -0.15) is 0 Å². The van der Waals surface area contributed by atoms with Gasteiger partial charge >= 0.3 is 0 Å². The molecule has 1 aromatic carbocycles. The molecular formula is C22H28N4O3. The van der Waals surface area contributed by atoms with Gasteiger partial charge < -0.3 is 20.3 Å². The Morgan fingerprint density at radius 3 is 2.52 bits per heavy atom. The predicted octanol–water partition coefficient (Wildman–Crippen LogP) is 2.48. The third-order valence-corrected chi connectivity index (χ3v) is 5.25. The van der Waals surface area contributed by atoms with Gasteiger partial charge in [-0.05, 0) is 55.7 Å². The zero-order valence-electron chi connectivity index (χ0n) is 17.0. The van der Waals surface area contributed by atoms with Gasteiger partial charge in [-0.15, -0.1) is 0 Å². The number of nitrogens with one attached hydrogen (secondary N) is 2. The van der Waals surface area contributed by atoms with E-state index in [-0.39, 0.29) is 17.7 Å². The average Bonchev–Trinajstić information content (AvgIpc) is 2.77. The summed E-state index contributed by atoms with van der Waals surface area (Å²) < 4.78 is 5.13. The summed E-state index contributed by atoms with van der Waals surface area (Å²) in [5.74, 6) is 0.751. The number of aryl methyl sites for hydroxylation is 1. The van der Waals surface area contributed by atoms with Crippen LogP contribution >= 0.6 is 0 Å². The number of pyridine rings is 1. The fourth-order valence-electron chi connectivity index (χ4n) is 3.46. The first-order valence-corrected chi connectivity index (χ1v) is 9.94. The van der Waals surface area contributed by atoms with Crippen LogP contribution in [0.4, 0.5) is 5.69 Å². The highest BCUT2D eigenvalue weighted by Gasteiger charge is 2.27. The normalized spacial score (nSPS) is 14.3. The molecule has 1 aliphatic heterocycles.